The smallest absolute Gasteiger partial charge is 0.202 e. The molecule has 1 aromatic rings. The van der Waals surface area contributed by atoms with Crippen LogP contribution in [-0.4, -0.2) is 16.9 Å². The monoisotopic (exact) mass is 268 g/mol. The van der Waals surface area contributed by atoms with E-state index < -0.39 is 5.50 Å². The number of benzene rings is 1. The Labute approximate surface area is 112 Å². The fourth-order valence-corrected chi connectivity index (χ4v) is 1.18. The topological polar surface area (TPSA) is 51.0 Å². The van der Waals surface area contributed by atoms with E-state index in [0.29, 0.717) is 5.69 Å². The summed E-state index contributed by atoms with van der Waals surface area (Å²) in [5.74, 6) is 0.531. The fourth-order valence-electron chi connectivity index (χ4n) is 1.13. The summed E-state index contributed by atoms with van der Waals surface area (Å²) in [4.78, 5) is 10.9. The van der Waals surface area contributed by atoms with Crippen LogP contribution in [0.25, 0.3) is 0 Å². The van der Waals surface area contributed by atoms with Gasteiger partial charge < -0.3 is 4.74 Å². The maximum Gasteiger partial charge on any atom is 0.202 e. The molecule has 18 heavy (non-hydrogen) atoms. The van der Waals surface area contributed by atoms with Gasteiger partial charge in [0.15, 0.2) is 5.78 Å². The van der Waals surface area contributed by atoms with Crippen LogP contribution >= 0.6 is 11.6 Å². The van der Waals surface area contributed by atoms with E-state index in [-0.39, 0.29) is 11.4 Å². The minimum Gasteiger partial charge on any atom is -0.488 e. The van der Waals surface area contributed by atoms with E-state index in [2.05, 4.69) is 10.2 Å². The average Bonchev–Trinajstić information content (AvgIpc) is 2.25. The molecular formula is C13H17ClN2O2. The van der Waals surface area contributed by atoms with Gasteiger partial charge >= 0.3 is 0 Å². The van der Waals surface area contributed by atoms with Crippen molar-refractivity contribution in [2.75, 3.05) is 0 Å². The number of carbonyl (C=O) groups is 1. The van der Waals surface area contributed by atoms with E-state index in [0.717, 1.165) is 5.75 Å². The number of alkyl halides is 1. The van der Waals surface area contributed by atoms with Crippen molar-refractivity contribution in [1.29, 1.82) is 0 Å². The first kappa shape index (κ1) is 14.6. The van der Waals surface area contributed by atoms with Gasteiger partial charge in [0.05, 0.1) is 5.69 Å². The number of rotatable bonds is 4. The van der Waals surface area contributed by atoms with Crippen LogP contribution in [0, 0.1) is 0 Å². The molecule has 0 aliphatic carbocycles. The lowest BCUT2D eigenvalue weighted by atomic mass is 10.2. The Morgan fingerprint density at radius 2 is 1.83 bits per heavy atom. The summed E-state index contributed by atoms with van der Waals surface area (Å²) in [7, 11) is 0. The molecular weight excluding hydrogens is 252 g/mol. The number of carbonyl (C=O) groups excluding carboxylic acids is 1. The maximum atomic E-state index is 10.9. The van der Waals surface area contributed by atoms with Crippen LogP contribution in [0.15, 0.2) is 34.5 Å². The molecule has 0 amide bonds. The number of azo groups is 1. The van der Waals surface area contributed by atoms with Gasteiger partial charge in [-0.1, -0.05) is 11.6 Å². The molecule has 5 heteroatoms. The first-order chi connectivity index (χ1) is 8.28. The predicted molar refractivity (Wildman–Crippen MR) is 71.7 cm³/mol. The summed E-state index contributed by atoms with van der Waals surface area (Å²) in [5, 5.41) is 7.58. The lowest BCUT2D eigenvalue weighted by molar-refractivity contribution is -0.116. The first-order valence-corrected chi connectivity index (χ1v) is 6.06. The standard InChI is InChI=1S/C13H17ClN2O2/c1-9(17)12(14)16-15-10-5-7-11(8-6-10)18-13(2,3)4/h5-8,12H,1-4H3. The molecule has 0 aliphatic heterocycles. The van der Waals surface area contributed by atoms with Gasteiger partial charge in [-0.3, -0.25) is 4.79 Å². The molecule has 0 N–H and O–H groups in total. The maximum absolute atomic E-state index is 10.9. The highest BCUT2D eigenvalue weighted by molar-refractivity contribution is 6.30. The largest absolute Gasteiger partial charge is 0.488 e. The van der Waals surface area contributed by atoms with Crippen molar-refractivity contribution >= 4 is 23.1 Å². The van der Waals surface area contributed by atoms with Gasteiger partial charge in [0, 0.05) is 0 Å². The number of halogens is 1. The SMILES string of the molecule is CC(=O)C(Cl)N=Nc1ccc(OC(C)(C)C)cc1. The number of ketones is 1. The summed E-state index contributed by atoms with van der Waals surface area (Å²) in [5.41, 5.74) is -0.530. The summed E-state index contributed by atoms with van der Waals surface area (Å²) in [6, 6.07) is 7.12. The highest BCUT2D eigenvalue weighted by Crippen LogP contribution is 2.22. The molecule has 0 radical (unpaired) electrons. The number of Topliss-reactive ketones (excluding diaryl/α,β-unsaturated/α-hetero) is 1. The Hall–Kier alpha value is -1.42. The third-order valence-corrected chi connectivity index (χ3v) is 2.27. The molecule has 0 saturated heterocycles. The molecule has 0 saturated carbocycles. The minimum atomic E-state index is -0.921. The molecule has 1 rings (SSSR count). The third-order valence-electron chi connectivity index (χ3n) is 1.87. The van der Waals surface area contributed by atoms with E-state index in [1.54, 1.807) is 24.3 Å². The second-order valence-electron chi connectivity index (χ2n) is 4.87. The normalized spacial score (nSPS) is 13.6. The number of nitrogens with zero attached hydrogens (tertiary/aromatic N) is 2. The highest BCUT2D eigenvalue weighted by atomic mass is 35.5. The molecule has 0 aromatic heterocycles. The van der Waals surface area contributed by atoms with Gasteiger partial charge in [-0.05, 0) is 52.0 Å². The molecule has 98 valence electrons. The molecule has 1 unspecified atom stereocenters. The van der Waals surface area contributed by atoms with Crippen molar-refractivity contribution in [3.63, 3.8) is 0 Å². The molecule has 0 heterocycles. The first-order valence-electron chi connectivity index (χ1n) is 5.62. The van der Waals surface area contributed by atoms with E-state index in [9.17, 15) is 4.79 Å². The van der Waals surface area contributed by atoms with E-state index in [1.807, 2.05) is 20.8 Å². The molecule has 1 aromatic carbocycles. The van der Waals surface area contributed by atoms with Gasteiger partial charge in [0.25, 0.3) is 0 Å². The number of hydrogen-bond donors (Lipinski definition) is 0. The zero-order valence-electron chi connectivity index (χ0n) is 11.0. The Morgan fingerprint density at radius 1 is 1.28 bits per heavy atom. The molecule has 0 spiro atoms. The summed E-state index contributed by atoms with van der Waals surface area (Å²) >= 11 is 5.65. The summed E-state index contributed by atoms with van der Waals surface area (Å²) in [6.07, 6.45) is 0. The van der Waals surface area contributed by atoms with Crippen molar-refractivity contribution in [2.45, 2.75) is 38.8 Å². The summed E-state index contributed by atoms with van der Waals surface area (Å²) < 4.78 is 5.67. The molecule has 0 fully saturated rings. The van der Waals surface area contributed by atoms with Gasteiger partial charge in [0.2, 0.25) is 5.50 Å². The van der Waals surface area contributed by atoms with Crippen LogP contribution in [0.1, 0.15) is 27.7 Å². The van der Waals surface area contributed by atoms with Gasteiger partial charge in [0.1, 0.15) is 11.4 Å². The lowest BCUT2D eigenvalue weighted by Gasteiger charge is -2.21. The number of ether oxygens (including phenoxy) is 1. The minimum absolute atomic E-state index is 0.229. The van der Waals surface area contributed by atoms with Crippen LogP contribution in [0.4, 0.5) is 5.69 Å². The van der Waals surface area contributed by atoms with Crippen LogP contribution in [0.5, 0.6) is 5.75 Å². The summed E-state index contributed by atoms with van der Waals surface area (Å²) in [6.45, 7) is 7.31. The predicted octanol–water partition coefficient (Wildman–Crippen LogP) is 4.10. The van der Waals surface area contributed by atoms with Gasteiger partial charge in [-0.2, -0.15) is 10.2 Å². The third kappa shape index (κ3) is 5.27. The Morgan fingerprint density at radius 3 is 2.28 bits per heavy atom. The van der Waals surface area contributed by atoms with E-state index >= 15 is 0 Å². The van der Waals surface area contributed by atoms with Crippen LogP contribution in [0.3, 0.4) is 0 Å². The quantitative estimate of drug-likeness (QED) is 0.469. The van der Waals surface area contributed by atoms with E-state index in [4.69, 9.17) is 16.3 Å². The number of hydrogen-bond acceptors (Lipinski definition) is 4. The zero-order valence-corrected chi connectivity index (χ0v) is 11.7. The van der Waals surface area contributed by atoms with Crippen molar-refractivity contribution in [1.82, 2.24) is 0 Å². The van der Waals surface area contributed by atoms with Crippen LogP contribution in [-0.2, 0) is 4.79 Å². The Kier molecular flexibility index (Phi) is 4.84. The Bertz CT molecular complexity index is 435. The van der Waals surface area contributed by atoms with Crippen molar-refractivity contribution in [3.05, 3.63) is 24.3 Å². The lowest BCUT2D eigenvalue weighted by Crippen LogP contribution is -2.22. The van der Waals surface area contributed by atoms with Crippen LogP contribution < -0.4 is 4.74 Å². The van der Waals surface area contributed by atoms with Crippen molar-refractivity contribution in [2.24, 2.45) is 10.2 Å². The second kappa shape index (κ2) is 5.96. The second-order valence-corrected chi connectivity index (χ2v) is 5.28. The average molecular weight is 269 g/mol. The van der Waals surface area contributed by atoms with Gasteiger partial charge in [-0.15, -0.1) is 0 Å². The zero-order chi connectivity index (χ0) is 13.8. The molecule has 4 nitrogen and oxygen atoms in total. The molecule has 1 atom stereocenters. The Balaban J connectivity index is 2.69. The fraction of sp³-hybridized carbons (Fsp3) is 0.462. The highest BCUT2D eigenvalue weighted by Gasteiger charge is 2.11. The van der Waals surface area contributed by atoms with Crippen molar-refractivity contribution in [3.8, 4) is 5.75 Å². The molecule has 0 aliphatic rings. The van der Waals surface area contributed by atoms with Gasteiger partial charge in [-0.25, -0.2) is 0 Å². The van der Waals surface area contributed by atoms with E-state index in [1.165, 1.54) is 6.92 Å². The molecule has 0 bridgehead atoms. The van der Waals surface area contributed by atoms with Crippen LogP contribution in [0.2, 0.25) is 0 Å². The van der Waals surface area contributed by atoms with Crippen molar-refractivity contribution < 1.29 is 9.53 Å².